The first-order valence-corrected chi connectivity index (χ1v) is 9.96. The number of pyridine rings is 2. The maximum atomic E-state index is 13.6. The SMILES string of the molecule is Nc1nc(F)nc2c1nc(Br)n2Cc1ccc(=O)n(CCOc2cc(CO)ccn2)c1. The number of aromatic nitrogens is 6. The molecule has 0 unspecified atom stereocenters. The lowest BCUT2D eigenvalue weighted by molar-refractivity contribution is 0.272. The van der Waals surface area contributed by atoms with E-state index in [0.29, 0.717) is 16.2 Å². The van der Waals surface area contributed by atoms with Crippen molar-refractivity contribution >= 4 is 32.9 Å². The normalized spacial score (nSPS) is 11.2. The van der Waals surface area contributed by atoms with Gasteiger partial charge >= 0.3 is 6.08 Å². The van der Waals surface area contributed by atoms with E-state index in [2.05, 4.69) is 35.9 Å². The Kier molecular flexibility index (Phi) is 5.91. The van der Waals surface area contributed by atoms with Crippen molar-refractivity contribution in [1.29, 1.82) is 0 Å². The van der Waals surface area contributed by atoms with Crippen molar-refractivity contribution in [1.82, 2.24) is 29.1 Å². The highest BCUT2D eigenvalue weighted by atomic mass is 79.9. The zero-order valence-corrected chi connectivity index (χ0v) is 17.7. The monoisotopic (exact) mass is 489 g/mol. The fourth-order valence-electron chi connectivity index (χ4n) is 3.02. The molecular formula is C19H17BrFN7O3. The van der Waals surface area contributed by atoms with Gasteiger partial charge in [-0.15, -0.1) is 0 Å². The molecular weight excluding hydrogens is 473 g/mol. The molecule has 4 aromatic heterocycles. The molecule has 0 spiro atoms. The van der Waals surface area contributed by atoms with Crippen molar-refractivity contribution in [2.75, 3.05) is 12.3 Å². The molecule has 4 aromatic rings. The number of aliphatic hydroxyl groups excluding tert-OH is 1. The Bertz CT molecular complexity index is 1310. The summed E-state index contributed by atoms with van der Waals surface area (Å²) in [6.07, 6.45) is 2.28. The number of nitrogens with two attached hydrogens (primary N) is 1. The topological polar surface area (TPSA) is 134 Å². The number of hydrogen-bond donors (Lipinski definition) is 2. The van der Waals surface area contributed by atoms with Crippen LogP contribution in [-0.2, 0) is 19.7 Å². The van der Waals surface area contributed by atoms with Crippen LogP contribution in [0.4, 0.5) is 10.2 Å². The summed E-state index contributed by atoms with van der Waals surface area (Å²) in [4.78, 5) is 27.8. The van der Waals surface area contributed by atoms with Gasteiger partial charge in [-0.25, -0.2) is 9.97 Å². The van der Waals surface area contributed by atoms with E-state index in [9.17, 15) is 14.3 Å². The standard InChI is InChI=1S/C19H17BrFN7O3/c20-18-24-15-16(22)25-19(21)26-17(15)28(18)9-12-1-2-14(30)27(8-12)5-6-31-13-7-11(10-29)3-4-23-13/h1-4,7-8,29H,5-6,9-10H2,(H2,22,25,26). The molecule has 0 aliphatic carbocycles. The summed E-state index contributed by atoms with van der Waals surface area (Å²) in [5.41, 5.74) is 7.51. The first-order chi connectivity index (χ1) is 14.9. The fourth-order valence-corrected chi connectivity index (χ4v) is 3.49. The molecule has 31 heavy (non-hydrogen) atoms. The van der Waals surface area contributed by atoms with Gasteiger partial charge in [-0.3, -0.25) is 9.36 Å². The molecule has 0 amide bonds. The van der Waals surface area contributed by atoms with Gasteiger partial charge in [0.25, 0.3) is 5.56 Å². The Morgan fingerprint density at radius 1 is 1.19 bits per heavy atom. The summed E-state index contributed by atoms with van der Waals surface area (Å²) < 4.78 is 22.7. The highest BCUT2D eigenvalue weighted by molar-refractivity contribution is 9.10. The number of fused-ring (bicyclic) bond motifs is 1. The molecule has 0 fully saturated rings. The Morgan fingerprint density at radius 2 is 2.03 bits per heavy atom. The highest BCUT2D eigenvalue weighted by Gasteiger charge is 2.16. The van der Waals surface area contributed by atoms with Crippen LogP contribution < -0.4 is 16.0 Å². The maximum Gasteiger partial charge on any atom is 0.312 e. The van der Waals surface area contributed by atoms with Gasteiger partial charge in [0.2, 0.25) is 5.88 Å². The van der Waals surface area contributed by atoms with Crippen molar-refractivity contribution < 1.29 is 14.2 Å². The van der Waals surface area contributed by atoms with Gasteiger partial charge in [-0.1, -0.05) is 6.07 Å². The van der Waals surface area contributed by atoms with Crippen LogP contribution in [0.5, 0.6) is 5.88 Å². The molecule has 0 saturated heterocycles. The summed E-state index contributed by atoms with van der Waals surface area (Å²) in [7, 11) is 0. The minimum atomic E-state index is -0.945. The average Bonchev–Trinajstić information content (AvgIpc) is 3.06. The summed E-state index contributed by atoms with van der Waals surface area (Å²) in [5.74, 6) is 0.312. The lowest BCUT2D eigenvalue weighted by Crippen LogP contribution is -2.23. The molecule has 4 rings (SSSR count). The van der Waals surface area contributed by atoms with Gasteiger partial charge in [0.15, 0.2) is 21.7 Å². The predicted octanol–water partition coefficient (Wildman–Crippen LogP) is 1.49. The number of hydrogen-bond acceptors (Lipinski definition) is 8. The number of rotatable bonds is 7. The van der Waals surface area contributed by atoms with Crippen LogP contribution in [0.15, 0.2) is 46.2 Å². The molecule has 3 N–H and O–H groups in total. The number of imidazole rings is 1. The molecule has 0 radical (unpaired) electrons. The van der Waals surface area contributed by atoms with Crippen LogP contribution in [0.3, 0.4) is 0 Å². The lowest BCUT2D eigenvalue weighted by Gasteiger charge is -2.11. The fraction of sp³-hybridized carbons (Fsp3) is 0.211. The molecule has 0 aliphatic rings. The molecule has 10 nitrogen and oxygen atoms in total. The van der Waals surface area contributed by atoms with Gasteiger partial charge < -0.3 is 20.1 Å². The van der Waals surface area contributed by atoms with Gasteiger partial charge in [-0.05, 0) is 33.1 Å². The van der Waals surface area contributed by atoms with Crippen molar-refractivity contribution in [3.8, 4) is 5.88 Å². The molecule has 12 heteroatoms. The second-order valence-corrected chi connectivity index (χ2v) is 7.30. The molecule has 0 atom stereocenters. The van der Waals surface area contributed by atoms with E-state index >= 15 is 0 Å². The van der Waals surface area contributed by atoms with Crippen LogP contribution in [0.2, 0.25) is 0 Å². The van der Waals surface area contributed by atoms with Crippen molar-refractivity contribution in [2.45, 2.75) is 19.7 Å². The van der Waals surface area contributed by atoms with E-state index in [1.54, 1.807) is 35.2 Å². The lowest BCUT2D eigenvalue weighted by atomic mass is 10.2. The van der Waals surface area contributed by atoms with E-state index in [1.807, 2.05) is 0 Å². The Morgan fingerprint density at radius 3 is 2.84 bits per heavy atom. The van der Waals surface area contributed by atoms with Crippen LogP contribution in [0, 0.1) is 6.08 Å². The summed E-state index contributed by atoms with van der Waals surface area (Å²) >= 11 is 3.33. The van der Waals surface area contributed by atoms with Gasteiger partial charge in [0.05, 0.1) is 19.7 Å². The largest absolute Gasteiger partial charge is 0.476 e. The highest BCUT2D eigenvalue weighted by Crippen LogP contribution is 2.23. The van der Waals surface area contributed by atoms with E-state index < -0.39 is 6.08 Å². The summed E-state index contributed by atoms with van der Waals surface area (Å²) in [6, 6.07) is 6.43. The van der Waals surface area contributed by atoms with Crippen molar-refractivity contribution in [3.63, 3.8) is 0 Å². The van der Waals surface area contributed by atoms with Crippen molar-refractivity contribution in [2.24, 2.45) is 0 Å². The molecule has 0 bridgehead atoms. The second-order valence-electron chi connectivity index (χ2n) is 6.59. The third-order valence-corrected chi connectivity index (χ3v) is 5.10. The summed E-state index contributed by atoms with van der Waals surface area (Å²) in [6.45, 7) is 0.652. The second kappa shape index (κ2) is 8.78. The molecule has 4 heterocycles. The Hall–Kier alpha value is -3.38. The average molecular weight is 490 g/mol. The zero-order valence-electron chi connectivity index (χ0n) is 16.1. The molecule has 0 saturated carbocycles. The number of nitrogen functional groups attached to an aromatic ring is 1. The molecule has 160 valence electrons. The number of halogens is 2. The van der Waals surface area contributed by atoms with E-state index in [0.717, 1.165) is 5.56 Å². The quantitative estimate of drug-likeness (QED) is 0.294. The maximum absolute atomic E-state index is 13.6. The van der Waals surface area contributed by atoms with E-state index in [1.165, 1.54) is 10.6 Å². The van der Waals surface area contributed by atoms with Crippen LogP contribution >= 0.6 is 15.9 Å². The third kappa shape index (κ3) is 4.54. The zero-order chi connectivity index (χ0) is 22.0. The first kappa shape index (κ1) is 20.9. The Balaban J connectivity index is 1.52. The van der Waals surface area contributed by atoms with Crippen LogP contribution in [0.1, 0.15) is 11.1 Å². The van der Waals surface area contributed by atoms with Crippen molar-refractivity contribution in [3.05, 3.63) is 69.0 Å². The summed E-state index contributed by atoms with van der Waals surface area (Å²) in [5, 5.41) is 9.18. The number of anilines is 1. The van der Waals surface area contributed by atoms with Crippen LogP contribution in [0.25, 0.3) is 11.2 Å². The number of nitrogens with zero attached hydrogens (tertiary/aromatic N) is 6. The minimum Gasteiger partial charge on any atom is -0.476 e. The Labute approximate surface area is 183 Å². The third-order valence-electron chi connectivity index (χ3n) is 4.50. The molecule has 0 aliphatic heterocycles. The van der Waals surface area contributed by atoms with Gasteiger partial charge in [-0.2, -0.15) is 14.4 Å². The van der Waals surface area contributed by atoms with E-state index in [-0.39, 0.29) is 48.8 Å². The van der Waals surface area contributed by atoms with E-state index in [4.69, 9.17) is 10.5 Å². The number of aliphatic hydroxyl groups is 1. The van der Waals surface area contributed by atoms with Gasteiger partial charge in [0, 0.05) is 24.5 Å². The number of ether oxygens (including phenoxy) is 1. The smallest absolute Gasteiger partial charge is 0.312 e. The first-order valence-electron chi connectivity index (χ1n) is 9.17. The minimum absolute atomic E-state index is 0.0528. The van der Waals surface area contributed by atoms with Crippen LogP contribution in [-0.4, -0.2) is 40.8 Å². The predicted molar refractivity (Wildman–Crippen MR) is 113 cm³/mol. The van der Waals surface area contributed by atoms with Gasteiger partial charge in [0.1, 0.15) is 6.61 Å². The molecule has 0 aromatic carbocycles.